The number of nitrogens with zero attached hydrogens (tertiary/aromatic N) is 3. The van der Waals surface area contributed by atoms with Gasteiger partial charge in [0.05, 0.1) is 12.8 Å². The zero-order chi connectivity index (χ0) is 17.5. The van der Waals surface area contributed by atoms with E-state index in [1.165, 1.54) is 6.20 Å². The molecule has 0 saturated heterocycles. The predicted octanol–water partition coefficient (Wildman–Crippen LogP) is 2.62. The van der Waals surface area contributed by atoms with Gasteiger partial charge in [-0.1, -0.05) is 25.9 Å². The molecule has 24 heavy (non-hydrogen) atoms. The summed E-state index contributed by atoms with van der Waals surface area (Å²) in [4.78, 5) is 8.59. The van der Waals surface area contributed by atoms with Crippen molar-refractivity contribution in [2.24, 2.45) is 5.92 Å². The van der Waals surface area contributed by atoms with Crippen LogP contribution in [0.25, 0.3) is 11.5 Å². The van der Waals surface area contributed by atoms with E-state index in [0.717, 1.165) is 19.1 Å². The summed E-state index contributed by atoms with van der Waals surface area (Å²) in [6.07, 6.45) is 4.66. The first kappa shape index (κ1) is 16.9. The van der Waals surface area contributed by atoms with E-state index in [-0.39, 0.29) is 16.1 Å². The van der Waals surface area contributed by atoms with Crippen LogP contribution in [0.1, 0.15) is 39.5 Å². The third-order valence-electron chi connectivity index (χ3n) is 3.70. The van der Waals surface area contributed by atoms with Crippen molar-refractivity contribution < 1.29 is 17.7 Å². The number of aromatic nitrogens is 3. The average Bonchev–Trinajstić information content (AvgIpc) is 3.16. The Kier molecular flexibility index (Phi) is 4.11. The molecule has 1 aliphatic carbocycles. The lowest BCUT2D eigenvalue weighted by Crippen LogP contribution is -2.11. The van der Waals surface area contributed by atoms with Gasteiger partial charge in [0.25, 0.3) is 0 Å². The molecule has 0 spiro atoms. The molecule has 1 saturated carbocycles. The van der Waals surface area contributed by atoms with Gasteiger partial charge >= 0.3 is 0 Å². The minimum atomic E-state index is -3.43. The molecule has 0 unspecified atom stereocenters. The average molecular weight is 351 g/mol. The van der Waals surface area contributed by atoms with Gasteiger partial charge in [-0.15, -0.1) is 0 Å². The summed E-state index contributed by atoms with van der Waals surface area (Å²) in [5.74, 6) is 1.60. The van der Waals surface area contributed by atoms with Crippen LogP contribution in [0.5, 0.6) is 5.75 Å². The first-order valence-electron chi connectivity index (χ1n) is 7.82. The molecule has 1 fully saturated rings. The summed E-state index contributed by atoms with van der Waals surface area (Å²) in [7, 11) is -3.43. The molecule has 1 aliphatic rings. The Morgan fingerprint density at radius 1 is 1.33 bits per heavy atom. The third-order valence-corrected chi connectivity index (χ3v) is 4.80. The molecule has 0 aliphatic heterocycles. The largest absolute Gasteiger partial charge is 0.492 e. The Hall–Kier alpha value is -1.96. The summed E-state index contributed by atoms with van der Waals surface area (Å²) in [6.45, 7) is 6.41. The molecular formula is C16H21N3O4S. The lowest BCUT2D eigenvalue weighted by molar-refractivity contribution is 0.292. The van der Waals surface area contributed by atoms with Crippen molar-refractivity contribution in [2.75, 3.05) is 12.9 Å². The molecule has 130 valence electrons. The lowest BCUT2D eigenvalue weighted by atomic mass is 9.97. The first-order valence-corrected chi connectivity index (χ1v) is 9.71. The van der Waals surface area contributed by atoms with Gasteiger partial charge in [0.15, 0.2) is 9.84 Å². The van der Waals surface area contributed by atoms with Crippen LogP contribution in [-0.4, -0.2) is 36.4 Å². The molecule has 2 heterocycles. The minimum absolute atomic E-state index is 0.0754. The fraction of sp³-hybridized carbons (Fsp3) is 0.562. The van der Waals surface area contributed by atoms with Gasteiger partial charge in [-0.25, -0.2) is 8.42 Å². The summed E-state index contributed by atoms with van der Waals surface area (Å²) in [6, 6.07) is 1.57. The quantitative estimate of drug-likeness (QED) is 0.817. The molecule has 0 N–H and O–H groups in total. The maximum atomic E-state index is 11.9. The van der Waals surface area contributed by atoms with Gasteiger partial charge in [0.2, 0.25) is 11.7 Å². The number of rotatable bonds is 5. The van der Waals surface area contributed by atoms with E-state index in [9.17, 15) is 8.42 Å². The molecule has 8 heteroatoms. The number of sulfone groups is 1. The maximum Gasteiger partial charge on any atom is 0.232 e. The molecular weight excluding hydrogens is 330 g/mol. The molecule has 0 aromatic carbocycles. The SMILES string of the molecule is CC(C)(C)c1nc(-c2cc(OCC3CC3)c(S(C)(=O)=O)cn2)no1. The van der Waals surface area contributed by atoms with E-state index in [1.54, 1.807) is 6.07 Å². The molecule has 7 nitrogen and oxygen atoms in total. The van der Waals surface area contributed by atoms with Crippen LogP contribution in [0, 0.1) is 5.92 Å². The first-order chi connectivity index (χ1) is 11.1. The van der Waals surface area contributed by atoms with Crippen LogP contribution >= 0.6 is 0 Å². The van der Waals surface area contributed by atoms with Crippen LogP contribution in [0.15, 0.2) is 21.7 Å². The van der Waals surface area contributed by atoms with Crippen molar-refractivity contribution in [3.63, 3.8) is 0 Å². The van der Waals surface area contributed by atoms with E-state index >= 15 is 0 Å². The minimum Gasteiger partial charge on any atom is -0.492 e. The van der Waals surface area contributed by atoms with Gasteiger partial charge in [-0.2, -0.15) is 4.98 Å². The van der Waals surface area contributed by atoms with Crippen LogP contribution in [0.2, 0.25) is 0 Å². The maximum absolute atomic E-state index is 11.9. The van der Waals surface area contributed by atoms with Crippen LogP contribution < -0.4 is 4.74 Å². The number of ether oxygens (including phenoxy) is 1. The highest BCUT2D eigenvalue weighted by molar-refractivity contribution is 7.90. The van der Waals surface area contributed by atoms with Crippen LogP contribution in [0.4, 0.5) is 0 Å². The van der Waals surface area contributed by atoms with Gasteiger partial charge < -0.3 is 9.26 Å². The van der Waals surface area contributed by atoms with E-state index in [4.69, 9.17) is 9.26 Å². The van der Waals surface area contributed by atoms with E-state index < -0.39 is 9.84 Å². The van der Waals surface area contributed by atoms with Crippen molar-refractivity contribution >= 4 is 9.84 Å². The Morgan fingerprint density at radius 2 is 2.04 bits per heavy atom. The second kappa shape index (κ2) is 5.84. The highest BCUT2D eigenvalue weighted by Crippen LogP contribution is 2.33. The van der Waals surface area contributed by atoms with E-state index in [2.05, 4.69) is 15.1 Å². The molecule has 0 amide bonds. The van der Waals surface area contributed by atoms with Gasteiger partial charge in [-0.3, -0.25) is 4.98 Å². The lowest BCUT2D eigenvalue weighted by Gasteiger charge is -2.11. The fourth-order valence-electron chi connectivity index (χ4n) is 2.06. The van der Waals surface area contributed by atoms with Crippen LogP contribution in [0.3, 0.4) is 0 Å². The van der Waals surface area contributed by atoms with E-state index in [0.29, 0.717) is 29.9 Å². The zero-order valence-electron chi connectivity index (χ0n) is 14.2. The van der Waals surface area contributed by atoms with Crippen molar-refractivity contribution in [1.29, 1.82) is 0 Å². The van der Waals surface area contributed by atoms with Gasteiger partial charge in [0, 0.05) is 17.7 Å². The summed E-state index contributed by atoms with van der Waals surface area (Å²) < 4.78 is 34.8. The second-order valence-corrected chi connectivity index (χ2v) is 9.20. The Morgan fingerprint density at radius 3 is 2.58 bits per heavy atom. The molecule has 3 rings (SSSR count). The number of pyridine rings is 1. The third kappa shape index (κ3) is 3.75. The van der Waals surface area contributed by atoms with Gasteiger partial charge in [-0.05, 0) is 18.8 Å². The van der Waals surface area contributed by atoms with Crippen LogP contribution in [-0.2, 0) is 15.3 Å². The molecule has 2 aromatic heterocycles. The molecule has 0 atom stereocenters. The Labute approximate surface area is 141 Å². The summed E-state index contributed by atoms with van der Waals surface area (Å²) in [5.41, 5.74) is 0.149. The normalized spacial score (nSPS) is 15.5. The smallest absolute Gasteiger partial charge is 0.232 e. The summed E-state index contributed by atoms with van der Waals surface area (Å²) >= 11 is 0. The van der Waals surface area contributed by atoms with Crippen molar-refractivity contribution in [3.8, 4) is 17.3 Å². The summed E-state index contributed by atoms with van der Waals surface area (Å²) in [5, 5.41) is 3.94. The monoisotopic (exact) mass is 351 g/mol. The number of hydrogen-bond donors (Lipinski definition) is 0. The molecule has 0 bridgehead atoms. The van der Waals surface area contributed by atoms with Crippen molar-refractivity contribution in [2.45, 2.75) is 43.9 Å². The number of hydrogen-bond acceptors (Lipinski definition) is 7. The van der Waals surface area contributed by atoms with Crippen molar-refractivity contribution in [3.05, 3.63) is 18.2 Å². The highest BCUT2D eigenvalue weighted by atomic mass is 32.2. The van der Waals surface area contributed by atoms with Gasteiger partial charge in [0.1, 0.15) is 16.3 Å². The second-order valence-electron chi connectivity index (χ2n) is 7.22. The van der Waals surface area contributed by atoms with Crippen molar-refractivity contribution in [1.82, 2.24) is 15.1 Å². The molecule has 2 aromatic rings. The Balaban J connectivity index is 1.96. The zero-order valence-corrected chi connectivity index (χ0v) is 15.1. The standard InChI is InChI=1S/C16H21N3O4S/c1-16(2,3)15-18-14(19-23-15)11-7-12(22-9-10-5-6-10)13(8-17-11)24(4,20)21/h7-8,10H,5-6,9H2,1-4H3. The fourth-order valence-corrected chi connectivity index (χ4v) is 2.79. The highest BCUT2D eigenvalue weighted by Gasteiger charge is 2.26. The topological polar surface area (TPSA) is 95.2 Å². The Bertz CT molecular complexity index is 848. The van der Waals surface area contributed by atoms with E-state index in [1.807, 2.05) is 20.8 Å². The molecule has 0 radical (unpaired) electrons. The predicted molar refractivity (Wildman–Crippen MR) is 87.6 cm³/mol.